The quantitative estimate of drug-likeness (QED) is 0.472. The molecule has 0 spiro atoms. The average molecular weight is 421 g/mol. The van der Waals surface area contributed by atoms with E-state index < -0.39 is 6.04 Å². The molecule has 2 atom stereocenters. The lowest BCUT2D eigenvalue weighted by Crippen LogP contribution is -2.41. The fraction of sp³-hybridized carbons (Fsp3) is 0.350. The molecule has 1 unspecified atom stereocenters. The zero-order chi connectivity index (χ0) is 20.4. The minimum absolute atomic E-state index is 0.0376. The molecule has 0 radical (unpaired) electrons. The van der Waals surface area contributed by atoms with Gasteiger partial charge in [-0.05, 0) is 46.9 Å². The van der Waals surface area contributed by atoms with Gasteiger partial charge in [0.1, 0.15) is 6.04 Å². The van der Waals surface area contributed by atoms with Crippen molar-refractivity contribution in [1.29, 1.82) is 0 Å². The van der Waals surface area contributed by atoms with Crippen LogP contribution in [0.4, 0.5) is 0 Å². The first kappa shape index (κ1) is 17.8. The summed E-state index contributed by atoms with van der Waals surface area (Å²) >= 11 is 0. The van der Waals surface area contributed by atoms with Crippen LogP contribution in [0, 0.1) is 6.92 Å². The van der Waals surface area contributed by atoms with Crippen molar-refractivity contribution in [2.24, 2.45) is 0 Å². The van der Waals surface area contributed by atoms with Crippen LogP contribution >= 0.6 is 9.39 Å². The van der Waals surface area contributed by atoms with Gasteiger partial charge in [-0.3, -0.25) is 4.79 Å². The van der Waals surface area contributed by atoms with E-state index in [4.69, 9.17) is 9.52 Å². The van der Waals surface area contributed by atoms with Crippen molar-refractivity contribution in [1.82, 2.24) is 34.0 Å². The highest BCUT2D eigenvalue weighted by atomic mass is 31.0. The van der Waals surface area contributed by atoms with Crippen molar-refractivity contribution in [2.75, 3.05) is 6.54 Å². The molecule has 1 fully saturated rings. The third kappa shape index (κ3) is 2.69. The van der Waals surface area contributed by atoms with E-state index in [0.29, 0.717) is 24.8 Å². The third-order valence-electron chi connectivity index (χ3n) is 5.91. The second-order valence-corrected chi connectivity index (χ2v) is 8.50. The van der Waals surface area contributed by atoms with Gasteiger partial charge in [0.05, 0.1) is 23.2 Å². The molecule has 1 saturated carbocycles. The Kier molecular flexibility index (Phi) is 3.83. The third-order valence-corrected chi connectivity index (χ3v) is 6.36. The topological polar surface area (TPSA) is 94.4 Å². The van der Waals surface area contributed by atoms with Gasteiger partial charge in [0, 0.05) is 30.8 Å². The lowest BCUT2D eigenvalue weighted by molar-refractivity contribution is 0.0643. The maximum absolute atomic E-state index is 13.4. The first-order valence-corrected chi connectivity index (χ1v) is 10.5. The van der Waals surface area contributed by atoms with Crippen LogP contribution in [0.5, 0.6) is 0 Å². The minimum atomic E-state index is -0.418. The zero-order valence-electron chi connectivity index (χ0n) is 16.4. The highest BCUT2D eigenvalue weighted by Crippen LogP contribution is 2.40. The van der Waals surface area contributed by atoms with E-state index in [-0.39, 0.29) is 11.8 Å². The molecule has 0 saturated heterocycles. The fourth-order valence-corrected chi connectivity index (χ4v) is 4.48. The van der Waals surface area contributed by atoms with Crippen LogP contribution in [0.2, 0.25) is 0 Å². The van der Waals surface area contributed by atoms with Crippen LogP contribution in [-0.4, -0.2) is 46.5 Å². The Morgan fingerprint density at radius 3 is 2.97 bits per heavy atom. The second-order valence-electron chi connectivity index (χ2n) is 7.94. The molecule has 4 aromatic rings. The number of carbonyl (C=O) groups excluding carboxylic acids is 1. The predicted molar refractivity (Wildman–Crippen MR) is 110 cm³/mol. The summed E-state index contributed by atoms with van der Waals surface area (Å²) in [4.78, 5) is 19.8. The molecule has 2 aliphatic rings. The Labute approximate surface area is 174 Å². The Balaban J connectivity index is 1.45. The van der Waals surface area contributed by atoms with Gasteiger partial charge >= 0.3 is 11.8 Å². The van der Waals surface area contributed by atoms with E-state index in [1.165, 1.54) is 0 Å². The molecule has 5 heterocycles. The van der Waals surface area contributed by atoms with Crippen molar-refractivity contribution in [3.05, 3.63) is 65.1 Å². The molecule has 4 aromatic heterocycles. The average Bonchev–Trinajstić information content (AvgIpc) is 3.15. The number of aryl methyl sites for hydroxylation is 1. The van der Waals surface area contributed by atoms with Gasteiger partial charge in [0.15, 0.2) is 0 Å². The second kappa shape index (κ2) is 6.47. The number of nitrogens with zero attached hydrogens (tertiary/aromatic N) is 7. The number of rotatable bonds is 3. The summed E-state index contributed by atoms with van der Waals surface area (Å²) in [5.41, 5.74) is 4.79. The van der Waals surface area contributed by atoms with Crippen molar-refractivity contribution in [2.45, 2.75) is 38.1 Å². The first-order chi connectivity index (χ1) is 14.6. The van der Waals surface area contributed by atoms with Gasteiger partial charge in [0.2, 0.25) is 5.89 Å². The first-order valence-electron chi connectivity index (χ1n) is 10.0. The highest BCUT2D eigenvalue weighted by molar-refractivity contribution is 7.14. The summed E-state index contributed by atoms with van der Waals surface area (Å²) in [6, 6.07) is 5.62. The summed E-state index contributed by atoms with van der Waals surface area (Å²) in [7, 11) is 2.66. The number of hydrogen-bond donors (Lipinski definition) is 0. The highest BCUT2D eigenvalue weighted by Gasteiger charge is 2.39. The Morgan fingerprint density at radius 2 is 2.17 bits per heavy atom. The maximum atomic E-state index is 13.4. The lowest BCUT2D eigenvalue weighted by Gasteiger charge is -2.33. The molecule has 1 aliphatic heterocycles. The number of hydrogen-bond acceptors (Lipinski definition) is 6. The van der Waals surface area contributed by atoms with E-state index in [9.17, 15) is 4.79 Å². The van der Waals surface area contributed by atoms with E-state index in [2.05, 4.69) is 24.6 Å². The molecule has 9 nitrogen and oxygen atoms in total. The molecule has 152 valence electrons. The molecule has 10 heteroatoms. The number of amides is 1. The standard InChI is InChI=1S/C20H20N7O2P/c1-11-3-2-7-26-15(11)9-13(24-26)17-16-14(27(30)10-21-16)6-8-25(17)20(28)19-23-22-18(29-19)12-4-5-12/h2-3,7,9-10,12,17H,4-6,8,30H2,1H3/t17-/m0/s1. The molecule has 6 rings (SSSR count). The van der Waals surface area contributed by atoms with Crippen LogP contribution in [-0.2, 0) is 6.42 Å². The number of aromatic nitrogens is 6. The monoisotopic (exact) mass is 421 g/mol. The Bertz CT molecular complexity index is 1290. The molecule has 0 N–H and O–H groups in total. The van der Waals surface area contributed by atoms with Crippen LogP contribution in [0.25, 0.3) is 5.52 Å². The van der Waals surface area contributed by atoms with Gasteiger partial charge in [-0.2, -0.15) is 5.10 Å². The van der Waals surface area contributed by atoms with Gasteiger partial charge in [0.25, 0.3) is 0 Å². The summed E-state index contributed by atoms with van der Waals surface area (Å²) in [6.07, 6.45) is 6.44. The van der Waals surface area contributed by atoms with E-state index >= 15 is 0 Å². The summed E-state index contributed by atoms with van der Waals surface area (Å²) in [5, 5.41) is 12.9. The number of pyridine rings is 1. The zero-order valence-corrected chi connectivity index (χ0v) is 17.5. The van der Waals surface area contributed by atoms with Crippen molar-refractivity contribution >= 4 is 20.8 Å². The van der Waals surface area contributed by atoms with Gasteiger partial charge in [-0.25, -0.2) is 9.50 Å². The minimum Gasteiger partial charge on any atom is -0.417 e. The van der Waals surface area contributed by atoms with Gasteiger partial charge in [-0.1, -0.05) is 6.07 Å². The van der Waals surface area contributed by atoms with E-state index in [0.717, 1.165) is 41.0 Å². The molecule has 1 aliphatic carbocycles. The van der Waals surface area contributed by atoms with Crippen LogP contribution in [0.15, 0.2) is 35.1 Å². The smallest absolute Gasteiger partial charge is 0.312 e. The van der Waals surface area contributed by atoms with E-state index in [1.807, 2.05) is 40.2 Å². The summed E-state index contributed by atoms with van der Waals surface area (Å²) in [6.45, 7) is 2.57. The molecular formula is C20H20N7O2P. The van der Waals surface area contributed by atoms with Gasteiger partial charge < -0.3 is 13.7 Å². The van der Waals surface area contributed by atoms with Crippen LogP contribution < -0.4 is 0 Å². The summed E-state index contributed by atoms with van der Waals surface area (Å²) < 4.78 is 9.49. The van der Waals surface area contributed by atoms with Crippen molar-refractivity contribution in [3.63, 3.8) is 0 Å². The maximum Gasteiger partial charge on any atom is 0.312 e. The molecule has 1 amide bonds. The normalized spacial score (nSPS) is 18.7. The van der Waals surface area contributed by atoms with Crippen molar-refractivity contribution < 1.29 is 9.21 Å². The van der Waals surface area contributed by atoms with E-state index in [1.54, 1.807) is 11.2 Å². The SMILES string of the molecule is Cc1cccn2nc([C@H]3c4ncn(P)c4CCN3C(=O)c3nnc(C4CC4)o3)cc12. The molecule has 0 bridgehead atoms. The number of imidazole rings is 1. The molecule has 30 heavy (non-hydrogen) atoms. The Morgan fingerprint density at radius 1 is 1.30 bits per heavy atom. The number of carbonyl (C=O) groups is 1. The molecular weight excluding hydrogens is 401 g/mol. The van der Waals surface area contributed by atoms with Crippen LogP contribution in [0.3, 0.4) is 0 Å². The summed E-state index contributed by atoms with van der Waals surface area (Å²) in [5.74, 6) is 0.620. The van der Waals surface area contributed by atoms with Gasteiger partial charge in [-0.15, -0.1) is 10.2 Å². The molecule has 0 aromatic carbocycles. The van der Waals surface area contributed by atoms with Crippen LogP contribution in [0.1, 0.15) is 64.0 Å². The largest absolute Gasteiger partial charge is 0.417 e. The predicted octanol–water partition coefficient (Wildman–Crippen LogP) is 2.53. The fourth-order valence-electron chi connectivity index (χ4n) is 4.16. The lowest BCUT2D eigenvalue weighted by atomic mass is 9.99. The van der Waals surface area contributed by atoms with Crippen molar-refractivity contribution in [3.8, 4) is 0 Å². The number of fused-ring (bicyclic) bond motifs is 2. The Hall–Kier alpha value is -3.06.